The second kappa shape index (κ2) is 7.15. The number of hydrogen-bond acceptors (Lipinski definition) is 4. The SMILES string of the molecule is O=C(OCc1ccccc1)c1cc(-c2ccncc2)nc2ccccc12. The maximum Gasteiger partial charge on any atom is 0.339 e. The first-order chi connectivity index (χ1) is 12.8. The highest BCUT2D eigenvalue weighted by Gasteiger charge is 2.15. The minimum Gasteiger partial charge on any atom is -0.457 e. The molecule has 0 unspecified atom stereocenters. The summed E-state index contributed by atoms with van der Waals surface area (Å²) in [5.74, 6) is -0.359. The molecule has 0 saturated heterocycles. The lowest BCUT2D eigenvalue weighted by Crippen LogP contribution is -2.07. The number of benzene rings is 2. The Labute approximate surface area is 151 Å². The van der Waals surface area contributed by atoms with Gasteiger partial charge < -0.3 is 4.74 Å². The Balaban J connectivity index is 1.72. The molecule has 0 saturated carbocycles. The maximum absolute atomic E-state index is 12.8. The highest BCUT2D eigenvalue weighted by atomic mass is 16.5. The van der Waals surface area contributed by atoms with E-state index in [4.69, 9.17) is 4.74 Å². The number of esters is 1. The number of carbonyl (C=O) groups is 1. The van der Waals surface area contributed by atoms with E-state index in [9.17, 15) is 4.79 Å². The normalized spacial score (nSPS) is 10.6. The number of fused-ring (bicyclic) bond motifs is 1. The molecule has 2 aromatic carbocycles. The fourth-order valence-corrected chi connectivity index (χ4v) is 2.82. The fraction of sp³-hybridized carbons (Fsp3) is 0.0455. The van der Waals surface area contributed by atoms with Crippen LogP contribution in [-0.4, -0.2) is 15.9 Å². The van der Waals surface area contributed by atoms with Gasteiger partial charge in [-0.15, -0.1) is 0 Å². The van der Waals surface area contributed by atoms with Crippen LogP contribution in [0.5, 0.6) is 0 Å². The molecule has 0 atom stereocenters. The summed E-state index contributed by atoms with van der Waals surface area (Å²) in [6.45, 7) is 0.237. The number of ether oxygens (including phenoxy) is 1. The van der Waals surface area contributed by atoms with Crippen LogP contribution in [0.4, 0.5) is 0 Å². The molecule has 0 N–H and O–H groups in total. The van der Waals surface area contributed by atoms with Crippen LogP contribution in [-0.2, 0) is 11.3 Å². The van der Waals surface area contributed by atoms with Gasteiger partial charge in [0, 0.05) is 23.3 Å². The number of carbonyl (C=O) groups excluding carboxylic acids is 1. The molecular formula is C22H16N2O2. The van der Waals surface area contributed by atoms with Gasteiger partial charge in [0.2, 0.25) is 0 Å². The van der Waals surface area contributed by atoms with Crippen molar-refractivity contribution in [2.24, 2.45) is 0 Å². The van der Waals surface area contributed by atoms with Crippen LogP contribution < -0.4 is 0 Å². The van der Waals surface area contributed by atoms with E-state index >= 15 is 0 Å². The summed E-state index contributed by atoms with van der Waals surface area (Å²) in [6, 6.07) is 22.8. The van der Waals surface area contributed by atoms with E-state index in [0.717, 1.165) is 27.7 Å². The Hall–Kier alpha value is -3.53. The molecule has 0 aliphatic heterocycles. The summed E-state index contributed by atoms with van der Waals surface area (Å²) >= 11 is 0. The number of aromatic nitrogens is 2. The van der Waals surface area contributed by atoms with Crippen molar-refractivity contribution in [2.45, 2.75) is 6.61 Å². The Morgan fingerprint density at radius 2 is 1.62 bits per heavy atom. The zero-order valence-corrected chi connectivity index (χ0v) is 14.0. The van der Waals surface area contributed by atoms with Crippen molar-refractivity contribution in [1.82, 2.24) is 9.97 Å². The third-order valence-electron chi connectivity index (χ3n) is 4.12. The third-order valence-corrected chi connectivity index (χ3v) is 4.12. The second-order valence-electron chi connectivity index (χ2n) is 5.87. The van der Waals surface area contributed by atoms with Crippen molar-refractivity contribution in [3.05, 3.63) is 96.3 Å². The van der Waals surface area contributed by atoms with Gasteiger partial charge in [-0.3, -0.25) is 4.98 Å². The Morgan fingerprint density at radius 1 is 0.885 bits per heavy atom. The number of pyridine rings is 2. The molecule has 0 aliphatic carbocycles. The summed E-state index contributed by atoms with van der Waals surface area (Å²) in [7, 11) is 0. The number of para-hydroxylation sites is 1. The molecule has 4 aromatic rings. The van der Waals surface area contributed by atoms with Crippen molar-refractivity contribution < 1.29 is 9.53 Å². The van der Waals surface area contributed by atoms with Crippen LogP contribution in [0.3, 0.4) is 0 Å². The van der Waals surface area contributed by atoms with E-state index in [1.54, 1.807) is 18.5 Å². The molecule has 0 fully saturated rings. The van der Waals surface area contributed by atoms with Crippen LogP contribution in [0.2, 0.25) is 0 Å². The topological polar surface area (TPSA) is 52.1 Å². The van der Waals surface area contributed by atoms with Gasteiger partial charge in [-0.1, -0.05) is 48.5 Å². The van der Waals surface area contributed by atoms with E-state index in [1.165, 1.54) is 0 Å². The summed E-state index contributed by atoms with van der Waals surface area (Å²) in [5, 5.41) is 0.781. The van der Waals surface area contributed by atoms with Gasteiger partial charge in [0.05, 0.1) is 16.8 Å². The van der Waals surface area contributed by atoms with Gasteiger partial charge in [-0.25, -0.2) is 9.78 Å². The van der Waals surface area contributed by atoms with Crippen molar-refractivity contribution in [1.29, 1.82) is 0 Å². The lowest BCUT2D eigenvalue weighted by Gasteiger charge is -2.10. The predicted octanol–water partition coefficient (Wildman–Crippen LogP) is 4.65. The van der Waals surface area contributed by atoms with Crippen LogP contribution >= 0.6 is 0 Å². The fourth-order valence-electron chi connectivity index (χ4n) is 2.82. The van der Waals surface area contributed by atoms with Crippen molar-refractivity contribution in [2.75, 3.05) is 0 Å². The van der Waals surface area contributed by atoms with Gasteiger partial charge in [0.1, 0.15) is 6.61 Å². The number of nitrogens with zero attached hydrogens (tertiary/aromatic N) is 2. The molecule has 126 valence electrons. The summed E-state index contributed by atoms with van der Waals surface area (Å²) in [5.41, 5.74) is 3.85. The van der Waals surface area contributed by atoms with Crippen LogP contribution in [0.15, 0.2) is 85.2 Å². The minimum absolute atomic E-state index is 0.237. The molecule has 26 heavy (non-hydrogen) atoms. The van der Waals surface area contributed by atoms with E-state index in [2.05, 4.69) is 9.97 Å². The molecule has 0 aliphatic rings. The van der Waals surface area contributed by atoms with Crippen molar-refractivity contribution in [3.8, 4) is 11.3 Å². The monoisotopic (exact) mass is 340 g/mol. The first kappa shape index (κ1) is 16.0. The van der Waals surface area contributed by atoms with Crippen LogP contribution in [0.25, 0.3) is 22.2 Å². The maximum atomic E-state index is 12.8. The van der Waals surface area contributed by atoms with Crippen LogP contribution in [0.1, 0.15) is 15.9 Å². The zero-order chi connectivity index (χ0) is 17.8. The zero-order valence-electron chi connectivity index (χ0n) is 14.0. The molecule has 4 nitrogen and oxygen atoms in total. The first-order valence-electron chi connectivity index (χ1n) is 8.32. The standard InChI is InChI=1S/C22H16N2O2/c25-22(26-15-16-6-2-1-3-7-16)19-14-21(17-10-12-23-13-11-17)24-20-9-5-4-8-18(19)20/h1-14H,15H2. The Morgan fingerprint density at radius 3 is 2.42 bits per heavy atom. The summed E-state index contributed by atoms with van der Waals surface area (Å²) in [4.78, 5) is 21.5. The lowest BCUT2D eigenvalue weighted by molar-refractivity contribution is 0.0475. The number of rotatable bonds is 4. The first-order valence-corrected chi connectivity index (χ1v) is 8.32. The minimum atomic E-state index is -0.359. The lowest BCUT2D eigenvalue weighted by atomic mass is 10.0. The molecule has 2 heterocycles. The average Bonchev–Trinajstić information content (AvgIpc) is 2.72. The Bertz CT molecular complexity index is 1050. The second-order valence-corrected chi connectivity index (χ2v) is 5.87. The molecule has 0 spiro atoms. The van der Waals surface area contributed by atoms with Crippen LogP contribution in [0, 0.1) is 0 Å². The number of hydrogen-bond donors (Lipinski definition) is 0. The van der Waals surface area contributed by atoms with Gasteiger partial charge in [0.15, 0.2) is 0 Å². The van der Waals surface area contributed by atoms with Gasteiger partial charge in [-0.2, -0.15) is 0 Å². The molecule has 4 heteroatoms. The molecule has 0 amide bonds. The highest BCUT2D eigenvalue weighted by Crippen LogP contribution is 2.25. The van der Waals surface area contributed by atoms with Gasteiger partial charge >= 0.3 is 5.97 Å². The largest absolute Gasteiger partial charge is 0.457 e. The molecular weight excluding hydrogens is 324 g/mol. The molecule has 0 radical (unpaired) electrons. The predicted molar refractivity (Wildman–Crippen MR) is 101 cm³/mol. The van der Waals surface area contributed by atoms with E-state index < -0.39 is 0 Å². The van der Waals surface area contributed by atoms with E-state index in [1.807, 2.05) is 66.7 Å². The van der Waals surface area contributed by atoms with E-state index in [0.29, 0.717) is 5.56 Å². The average molecular weight is 340 g/mol. The Kier molecular flexibility index (Phi) is 4.39. The van der Waals surface area contributed by atoms with E-state index in [-0.39, 0.29) is 12.6 Å². The van der Waals surface area contributed by atoms with Crippen molar-refractivity contribution in [3.63, 3.8) is 0 Å². The quantitative estimate of drug-likeness (QED) is 0.507. The molecule has 4 rings (SSSR count). The van der Waals surface area contributed by atoms with Gasteiger partial charge in [-0.05, 0) is 29.8 Å². The van der Waals surface area contributed by atoms with Crippen molar-refractivity contribution >= 4 is 16.9 Å². The van der Waals surface area contributed by atoms with Gasteiger partial charge in [0.25, 0.3) is 0 Å². The third kappa shape index (κ3) is 3.30. The molecule has 0 bridgehead atoms. The smallest absolute Gasteiger partial charge is 0.339 e. The summed E-state index contributed by atoms with van der Waals surface area (Å²) in [6.07, 6.45) is 3.42. The molecule has 2 aromatic heterocycles. The highest BCUT2D eigenvalue weighted by molar-refractivity contribution is 6.04. The summed E-state index contributed by atoms with van der Waals surface area (Å²) < 4.78 is 5.53.